The van der Waals surface area contributed by atoms with Crippen molar-refractivity contribution in [3.63, 3.8) is 0 Å². The van der Waals surface area contributed by atoms with Crippen LogP contribution in [0, 0.1) is 17.5 Å². The van der Waals surface area contributed by atoms with Crippen LogP contribution in [-0.2, 0) is 13.0 Å². The Balaban J connectivity index is 1.63. The number of halogens is 5. The third-order valence-corrected chi connectivity index (χ3v) is 5.82. The average molecular weight is 474 g/mol. The Morgan fingerprint density at radius 1 is 0.853 bits per heavy atom. The fraction of sp³-hybridized carbons (Fsp3) is 0.259. The van der Waals surface area contributed by atoms with Crippen LogP contribution < -0.4 is 9.47 Å². The molecular weight excluding hydrogens is 451 g/mol. The molecule has 2 nitrogen and oxygen atoms in total. The number of benzene rings is 3. The highest BCUT2D eigenvalue weighted by Gasteiger charge is 2.40. The van der Waals surface area contributed by atoms with Gasteiger partial charge in [0.1, 0.15) is 12.4 Å². The summed E-state index contributed by atoms with van der Waals surface area (Å²) in [7, 11) is 0. The Labute approximate surface area is 194 Å². The predicted octanol–water partition coefficient (Wildman–Crippen LogP) is 7.90. The first-order valence-electron chi connectivity index (χ1n) is 10.9. The van der Waals surface area contributed by atoms with E-state index in [0.29, 0.717) is 24.0 Å². The van der Waals surface area contributed by atoms with E-state index in [4.69, 9.17) is 9.47 Å². The van der Waals surface area contributed by atoms with E-state index in [1.165, 1.54) is 30.3 Å². The second-order valence-corrected chi connectivity index (χ2v) is 7.96. The molecule has 0 radical (unpaired) electrons. The highest BCUT2D eigenvalue weighted by molar-refractivity contribution is 5.76. The highest BCUT2D eigenvalue weighted by Crippen LogP contribution is 2.52. The van der Waals surface area contributed by atoms with Crippen LogP contribution >= 0.6 is 0 Å². The Morgan fingerprint density at radius 3 is 1.97 bits per heavy atom. The second kappa shape index (κ2) is 9.87. The van der Waals surface area contributed by atoms with Crippen molar-refractivity contribution in [1.82, 2.24) is 0 Å². The number of fused-ring (bicyclic) bond motifs is 3. The third kappa shape index (κ3) is 4.27. The van der Waals surface area contributed by atoms with Crippen molar-refractivity contribution >= 4 is 0 Å². The molecule has 1 aliphatic carbocycles. The SMILES string of the molecule is C=CCCc1ccc(COc2ccc3c(c2F)C(F)C(F)c2c-3ccc(OCC)c2F)cc1F. The minimum Gasteiger partial charge on any atom is -0.491 e. The molecule has 0 heterocycles. The molecule has 34 heavy (non-hydrogen) atoms. The lowest BCUT2D eigenvalue weighted by Gasteiger charge is -2.28. The molecule has 0 bridgehead atoms. The van der Waals surface area contributed by atoms with E-state index in [2.05, 4.69) is 6.58 Å². The summed E-state index contributed by atoms with van der Waals surface area (Å²) in [5, 5.41) is 0. The topological polar surface area (TPSA) is 18.5 Å². The third-order valence-electron chi connectivity index (χ3n) is 5.82. The minimum absolute atomic E-state index is 0.0424. The molecule has 0 saturated carbocycles. The van der Waals surface area contributed by atoms with Crippen molar-refractivity contribution < 1.29 is 31.4 Å². The Kier molecular flexibility index (Phi) is 6.91. The van der Waals surface area contributed by atoms with Gasteiger partial charge in [-0.15, -0.1) is 6.58 Å². The van der Waals surface area contributed by atoms with Crippen LogP contribution in [0.4, 0.5) is 22.0 Å². The smallest absolute Gasteiger partial charge is 0.171 e. The summed E-state index contributed by atoms with van der Waals surface area (Å²) in [4.78, 5) is 0. The van der Waals surface area contributed by atoms with Crippen LogP contribution in [0.2, 0.25) is 0 Å². The quantitative estimate of drug-likeness (QED) is 0.244. The van der Waals surface area contributed by atoms with Gasteiger partial charge in [-0.2, -0.15) is 0 Å². The van der Waals surface area contributed by atoms with E-state index in [1.54, 1.807) is 25.1 Å². The first-order chi connectivity index (χ1) is 16.4. The lowest BCUT2D eigenvalue weighted by molar-refractivity contribution is 0.157. The van der Waals surface area contributed by atoms with Gasteiger partial charge < -0.3 is 9.47 Å². The van der Waals surface area contributed by atoms with Gasteiger partial charge in [-0.1, -0.05) is 30.3 Å². The Morgan fingerprint density at radius 2 is 1.44 bits per heavy atom. The van der Waals surface area contributed by atoms with E-state index >= 15 is 8.78 Å². The molecule has 7 heteroatoms. The Bertz CT molecular complexity index is 1220. The highest BCUT2D eigenvalue weighted by atomic mass is 19.2. The van der Waals surface area contributed by atoms with Crippen molar-refractivity contribution in [2.45, 2.75) is 38.7 Å². The molecule has 1 aliphatic rings. The number of alkyl halides is 2. The molecule has 0 spiro atoms. The van der Waals surface area contributed by atoms with E-state index in [0.717, 1.165) is 0 Å². The number of hydrogen-bond acceptors (Lipinski definition) is 2. The van der Waals surface area contributed by atoms with E-state index in [1.807, 2.05) is 0 Å². The fourth-order valence-electron chi connectivity index (χ4n) is 4.13. The minimum atomic E-state index is -2.43. The molecule has 178 valence electrons. The largest absolute Gasteiger partial charge is 0.491 e. The lowest BCUT2D eigenvalue weighted by atomic mass is 9.82. The molecule has 0 saturated heterocycles. The van der Waals surface area contributed by atoms with Gasteiger partial charge in [0.2, 0.25) is 0 Å². The first kappa shape index (κ1) is 23.8. The van der Waals surface area contributed by atoms with E-state index in [-0.39, 0.29) is 35.8 Å². The van der Waals surface area contributed by atoms with E-state index < -0.39 is 40.9 Å². The zero-order valence-corrected chi connectivity index (χ0v) is 18.5. The summed E-state index contributed by atoms with van der Waals surface area (Å²) in [6.07, 6.45) is -2.01. The first-order valence-corrected chi connectivity index (χ1v) is 10.9. The lowest BCUT2D eigenvalue weighted by Crippen LogP contribution is -2.16. The second-order valence-electron chi connectivity index (χ2n) is 7.96. The van der Waals surface area contributed by atoms with Crippen LogP contribution in [0.25, 0.3) is 11.1 Å². The average Bonchev–Trinajstić information content (AvgIpc) is 2.82. The van der Waals surface area contributed by atoms with Gasteiger partial charge in [0.25, 0.3) is 0 Å². The normalized spacial score (nSPS) is 16.5. The van der Waals surface area contributed by atoms with Crippen LogP contribution in [0.3, 0.4) is 0 Å². The molecule has 2 unspecified atom stereocenters. The summed E-state index contributed by atoms with van der Waals surface area (Å²) in [5.41, 5.74) is 0.0446. The number of allylic oxidation sites excluding steroid dienone is 1. The van der Waals surface area contributed by atoms with Gasteiger partial charge in [0.05, 0.1) is 6.61 Å². The maximum Gasteiger partial charge on any atom is 0.171 e. The Hall–Kier alpha value is -3.35. The molecule has 0 aromatic heterocycles. The van der Waals surface area contributed by atoms with Gasteiger partial charge in [0.15, 0.2) is 35.5 Å². The van der Waals surface area contributed by atoms with Crippen LogP contribution in [0.1, 0.15) is 47.9 Å². The maximum absolute atomic E-state index is 15.2. The summed E-state index contributed by atoms with van der Waals surface area (Å²) >= 11 is 0. The van der Waals surface area contributed by atoms with Crippen molar-refractivity contribution in [2.75, 3.05) is 6.61 Å². The molecule has 0 N–H and O–H groups in total. The summed E-state index contributed by atoms with van der Waals surface area (Å²) < 4.78 is 84.8. The van der Waals surface area contributed by atoms with Crippen LogP contribution in [0.5, 0.6) is 11.5 Å². The zero-order valence-electron chi connectivity index (χ0n) is 18.5. The molecule has 3 aromatic rings. The fourth-order valence-corrected chi connectivity index (χ4v) is 4.13. The van der Waals surface area contributed by atoms with Crippen LogP contribution in [0.15, 0.2) is 55.1 Å². The summed E-state index contributed by atoms with van der Waals surface area (Å²) in [5.74, 6) is -2.99. The van der Waals surface area contributed by atoms with Crippen LogP contribution in [-0.4, -0.2) is 6.61 Å². The van der Waals surface area contributed by atoms with Gasteiger partial charge >= 0.3 is 0 Å². The van der Waals surface area contributed by atoms with Crippen molar-refractivity contribution in [1.29, 1.82) is 0 Å². The van der Waals surface area contributed by atoms with Crippen molar-refractivity contribution in [3.05, 3.63) is 94.8 Å². The molecule has 0 fully saturated rings. The zero-order chi connectivity index (χ0) is 24.4. The summed E-state index contributed by atoms with van der Waals surface area (Å²) in [6, 6.07) is 9.89. The molecule has 0 amide bonds. The molecule has 0 aliphatic heterocycles. The summed E-state index contributed by atoms with van der Waals surface area (Å²) in [6.45, 7) is 5.23. The molecular formula is C27H23F5O2. The number of rotatable bonds is 8. The van der Waals surface area contributed by atoms with Gasteiger partial charge in [-0.25, -0.2) is 22.0 Å². The van der Waals surface area contributed by atoms with E-state index in [9.17, 15) is 13.2 Å². The van der Waals surface area contributed by atoms with Gasteiger partial charge in [-0.05, 0) is 60.2 Å². The number of ether oxygens (including phenoxy) is 2. The molecule has 3 aromatic carbocycles. The monoisotopic (exact) mass is 474 g/mol. The van der Waals surface area contributed by atoms with Crippen molar-refractivity contribution in [2.24, 2.45) is 0 Å². The van der Waals surface area contributed by atoms with Gasteiger partial charge in [0, 0.05) is 11.1 Å². The van der Waals surface area contributed by atoms with Gasteiger partial charge in [-0.3, -0.25) is 0 Å². The molecule has 2 atom stereocenters. The standard InChI is InChI=1S/C27H23F5O2/c1-3-5-6-16-8-7-15(13-19(16)28)14-34-21-12-10-18-17-9-11-20(33-4-2)24(29)22(17)26(31)27(32)23(18)25(21)30/h3,7-13,26-27H,1,4-6,14H2,2H3. The molecule has 4 rings (SSSR count). The van der Waals surface area contributed by atoms with Crippen molar-refractivity contribution in [3.8, 4) is 22.6 Å². The predicted molar refractivity (Wildman–Crippen MR) is 120 cm³/mol. The number of hydrogen-bond donors (Lipinski definition) is 0. The number of aryl methyl sites for hydroxylation is 1. The maximum atomic E-state index is 15.2.